The van der Waals surface area contributed by atoms with Crippen LogP contribution in [0, 0.1) is 0 Å². The minimum absolute atomic E-state index is 0.517. The molecule has 0 aromatic heterocycles. The van der Waals surface area contributed by atoms with E-state index in [1.165, 1.54) is 88.7 Å². The second-order valence-electron chi connectivity index (χ2n) is 16.3. The van der Waals surface area contributed by atoms with Crippen LogP contribution in [0.4, 0.5) is 17.1 Å². The Kier molecular flexibility index (Phi) is 7.89. The summed E-state index contributed by atoms with van der Waals surface area (Å²) in [7, 11) is 0. The van der Waals surface area contributed by atoms with Gasteiger partial charge in [0.05, 0.1) is 5.41 Å². The van der Waals surface area contributed by atoms with Gasteiger partial charge in [-0.2, -0.15) is 0 Å². The summed E-state index contributed by atoms with van der Waals surface area (Å²) in [4.78, 5) is 2.43. The fourth-order valence-corrected chi connectivity index (χ4v) is 10.8. The third kappa shape index (κ3) is 5.01. The molecule has 1 heteroatoms. The van der Waals surface area contributed by atoms with Crippen molar-refractivity contribution in [1.82, 2.24) is 0 Å². The predicted molar refractivity (Wildman–Crippen MR) is 258 cm³/mol. The predicted octanol–water partition coefficient (Wildman–Crippen LogP) is 16.1. The molecule has 286 valence electrons. The summed E-state index contributed by atoms with van der Waals surface area (Å²) >= 11 is 0. The standard InChI is InChI=1S/C60H41N/c1-3-5-16-39(4-2)41-27-31-43(32-28-41)61(44-33-29-42(30-34-44)40-17-7-6-8-18-40)45-35-36-49-48-21-11-13-25-54(48)60(56(49)37-45)55-26-14-12-22-51(55)59-52-24-15-23-50-46-19-9-10-20-47(46)53(58(50)52)38-57(59)60/h3-38H,1H2,2H3/b16-5-,39-4+. The molecule has 9 aromatic rings. The molecule has 0 N–H and O–H groups in total. The Hall–Kier alpha value is -7.74. The van der Waals surface area contributed by atoms with E-state index in [2.05, 4.69) is 225 Å². The van der Waals surface area contributed by atoms with Gasteiger partial charge >= 0.3 is 0 Å². The largest absolute Gasteiger partial charge is 0.310 e. The van der Waals surface area contributed by atoms with E-state index in [9.17, 15) is 0 Å². The molecule has 0 amide bonds. The summed E-state index contributed by atoms with van der Waals surface area (Å²) in [6, 6.07) is 72.6. The van der Waals surface area contributed by atoms with E-state index in [0.717, 1.165) is 28.2 Å². The van der Waals surface area contributed by atoms with Crippen LogP contribution < -0.4 is 4.90 Å². The van der Waals surface area contributed by atoms with Crippen molar-refractivity contribution in [2.24, 2.45) is 0 Å². The number of nitrogens with zero attached hydrogens (tertiary/aromatic N) is 1. The fourth-order valence-electron chi connectivity index (χ4n) is 10.8. The zero-order valence-corrected chi connectivity index (χ0v) is 33.9. The van der Waals surface area contributed by atoms with E-state index < -0.39 is 5.41 Å². The molecule has 1 atom stereocenters. The summed E-state index contributed by atoms with van der Waals surface area (Å²) in [6.07, 6.45) is 8.09. The summed E-state index contributed by atoms with van der Waals surface area (Å²) in [5.41, 5.74) is 23.5. The highest BCUT2D eigenvalue weighted by Crippen LogP contribution is 2.66. The maximum atomic E-state index is 3.89. The van der Waals surface area contributed by atoms with Gasteiger partial charge in [-0.25, -0.2) is 0 Å². The van der Waals surface area contributed by atoms with Crippen molar-refractivity contribution in [3.8, 4) is 55.6 Å². The highest BCUT2D eigenvalue weighted by atomic mass is 15.1. The summed E-state index contributed by atoms with van der Waals surface area (Å²) in [5.74, 6) is 0. The molecule has 3 aliphatic rings. The number of fused-ring (bicyclic) bond motifs is 14. The van der Waals surface area contributed by atoms with Gasteiger partial charge in [0.1, 0.15) is 0 Å². The molecule has 1 nitrogen and oxygen atoms in total. The highest BCUT2D eigenvalue weighted by molar-refractivity contribution is 6.21. The van der Waals surface area contributed by atoms with Crippen molar-refractivity contribution in [3.63, 3.8) is 0 Å². The van der Waals surface area contributed by atoms with Gasteiger partial charge in [-0.15, -0.1) is 0 Å². The van der Waals surface area contributed by atoms with Crippen LogP contribution in [0.15, 0.2) is 225 Å². The monoisotopic (exact) mass is 775 g/mol. The van der Waals surface area contributed by atoms with Gasteiger partial charge < -0.3 is 4.90 Å². The van der Waals surface area contributed by atoms with Crippen molar-refractivity contribution in [3.05, 3.63) is 253 Å². The van der Waals surface area contributed by atoms with Crippen LogP contribution in [0.2, 0.25) is 0 Å². The van der Waals surface area contributed by atoms with Crippen LogP contribution in [0.25, 0.3) is 72.0 Å². The van der Waals surface area contributed by atoms with Gasteiger partial charge in [0.25, 0.3) is 0 Å². The Morgan fingerprint density at radius 2 is 1.03 bits per heavy atom. The van der Waals surface area contributed by atoms with Crippen LogP contribution in [-0.2, 0) is 5.41 Å². The molecule has 1 unspecified atom stereocenters. The molecular weight excluding hydrogens is 735 g/mol. The zero-order valence-electron chi connectivity index (χ0n) is 33.9. The van der Waals surface area contributed by atoms with Gasteiger partial charge in [0.15, 0.2) is 0 Å². The first-order valence-electron chi connectivity index (χ1n) is 21.2. The van der Waals surface area contributed by atoms with Crippen molar-refractivity contribution in [2.45, 2.75) is 12.3 Å². The lowest BCUT2D eigenvalue weighted by molar-refractivity contribution is 0.794. The molecular formula is C60H41N. The number of allylic oxidation sites excluding steroid dienone is 5. The Labute approximate surface area is 357 Å². The second kappa shape index (κ2) is 13.7. The molecule has 0 radical (unpaired) electrons. The van der Waals surface area contributed by atoms with Gasteiger partial charge in [-0.1, -0.05) is 183 Å². The number of hydrogen-bond acceptors (Lipinski definition) is 1. The molecule has 9 aromatic carbocycles. The Morgan fingerprint density at radius 1 is 0.459 bits per heavy atom. The highest BCUT2D eigenvalue weighted by Gasteiger charge is 2.53. The molecule has 1 spiro atoms. The fraction of sp³-hybridized carbons (Fsp3) is 0.0333. The number of hydrogen-bond donors (Lipinski definition) is 0. The summed E-state index contributed by atoms with van der Waals surface area (Å²) < 4.78 is 0. The second-order valence-corrected chi connectivity index (χ2v) is 16.3. The van der Waals surface area contributed by atoms with E-state index >= 15 is 0 Å². The van der Waals surface area contributed by atoms with Crippen LogP contribution in [-0.4, -0.2) is 0 Å². The van der Waals surface area contributed by atoms with Crippen molar-refractivity contribution in [1.29, 1.82) is 0 Å². The normalized spacial score (nSPS) is 15.1. The van der Waals surface area contributed by atoms with Gasteiger partial charge in [0.2, 0.25) is 0 Å². The summed E-state index contributed by atoms with van der Waals surface area (Å²) in [5, 5.41) is 2.69. The maximum Gasteiger partial charge on any atom is 0.0726 e. The smallest absolute Gasteiger partial charge is 0.0726 e. The molecule has 61 heavy (non-hydrogen) atoms. The SMILES string of the molecule is C=C/C=C\C(=C/C)c1ccc(N(c2ccc(-c3ccccc3)cc2)c2ccc3c(c2)C2(c4ccccc4-3)c3ccccc3-c3c2cc2c4c(cccc34)-c3ccccc3-2)cc1. The van der Waals surface area contributed by atoms with Crippen molar-refractivity contribution >= 4 is 33.4 Å². The number of rotatable bonds is 7. The molecule has 0 aliphatic heterocycles. The summed E-state index contributed by atoms with van der Waals surface area (Å²) in [6.45, 7) is 5.98. The Balaban J connectivity index is 1.11. The molecule has 0 saturated heterocycles. The molecule has 0 heterocycles. The molecule has 0 bridgehead atoms. The van der Waals surface area contributed by atoms with Gasteiger partial charge in [-0.3, -0.25) is 0 Å². The molecule has 0 fully saturated rings. The van der Waals surface area contributed by atoms with E-state index in [1.54, 1.807) is 0 Å². The first kappa shape index (κ1) is 35.2. The van der Waals surface area contributed by atoms with Crippen LogP contribution in [0.5, 0.6) is 0 Å². The van der Waals surface area contributed by atoms with Gasteiger partial charge in [0, 0.05) is 17.1 Å². The Bertz CT molecular complexity index is 3310. The first-order valence-corrected chi connectivity index (χ1v) is 21.2. The van der Waals surface area contributed by atoms with Crippen LogP contribution in [0.1, 0.15) is 34.7 Å². The van der Waals surface area contributed by atoms with E-state index in [-0.39, 0.29) is 0 Å². The maximum absolute atomic E-state index is 3.89. The zero-order chi connectivity index (χ0) is 40.7. The lowest BCUT2D eigenvalue weighted by atomic mass is 9.70. The minimum Gasteiger partial charge on any atom is -0.310 e. The average molecular weight is 776 g/mol. The number of anilines is 3. The topological polar surface area (TPSA) is 3.24 Å². The third-order valence-corrected chi connectivity index (χ3v) is 13.4. The van der Waals surface area contributed by atoms with Crippen molar-refractivity contribution < 1.29 is 0 Å². The van der Waals surface area contributed by atoms with E-state index in [4.69, 9.17) is 0 Å². The Morgan fingerprint density at radius 3 is 1.75 bits per heavy atom. The molecule has 3 aliphatic carbocycles. The lowest BCUT2D eigenvalue weighted by Crippen LogP contribution is -2.26. The minimum atomic E-state index is -0.517. The number of benzene rings is 9. The molecule has 12 rings (SSSR count). The van der Waals surface area contributed by atoms with Gasteiger partial charge in [-0.05, 0) is 149 Å². The van der Waals surface area contributed by atoms with Crippen LogP contribution in [0.3, 0.4) is 0 Å². The van der Waals surface area contributed by atoms with Crippen LogP contribution >= 0.6 is 0 Å². The van der Waals surface area contributed by atoms with E-state index in [0.29, 0.717) is 0 Å². The molecule has 0 saturated carbocycles. The average Bonchev–Trinajstić information content (AvgIpc) is 3.93. The third-order valence-electron chi connectivity index (χ3n) is 13.4. The first-order chi connectivity index (χ1) is 30.2. The quantitative estimate of drug-likeness (QED) is 0.146. The van der Waals surface area contributed by atoms with Crippen molar-refractivity contribution in [2.75, 3.05) is 4.90 Å². The lowest BCUT2D eigenvalue weighted by Gasteiger charge is -2.32. The van der Waals surface area contributed by atoms with E-state index in [1.807, 2.05) is 12.2 Å².